The zero-order valence-corrected chi connectivity index (χ0v) is 12.4. The first-order valence-electron chi connectivity index (χ1n) is 7.26. The normalized spacial score (nSPS) is 28.1. The number of allylic oxidation sites excluding steroid dienone is 3. The summed E-state index contributed by atoms with van der Waals surface area (Å²) in [6.45, 7) is 2.03. The minimum Gasteiger partial charge on any atom is -0.322 e. The number of Topliss-reactive ketones (excluding diaryl/α,β-unsaturated/α-hetero) is 1. The molecule has 3 nitrogen and oxygen atoms in total. The molecule has 1 aromatic carbocycles. The molecular weight excluding hydrogens is 262 g/mol. The molecular formula is C18H19NO2. The van der Waals surface area contributed by atoms with Crippen molar-refractivity contribution in [2.75, 3.05) is 7.05 Å². The number of carbonyl (C=O) groups is 2. The monoisotopic (exact) mass is 281 g/mol. The third-order valence-corrected chi connectivity index (χ3v) is 4.60. The average molecular weight is 281 g/mol. The lowest BCUT2D eigenvalue weighted by molar-refractivity contribution is -0.135. The number of benzene rings is 1. The molecule has 108 valence electrons. The summed E-state index contributed by atoms with van der Waals surface area (Å²) in [5.41, 5.74) is 1.14. The van der Waals surface area contributed by atoms with Crippen LogP contribution < -0.4 is 0 Å². The van der Waals surface area contributed by atoms with Gasteiger partial charge in [0.25, 0.3) is 0 Å². The number of nitrogens with zero attached hydrogens (tertiary/aromatic N) is 1. The Hall–Kier alpha value is -2.16. The van der Waals surface area contributed by atoms with Crippen LogP contribution >= 0.6 is 0 Å². The summed E-state index contributed by atoms with van der Waals surface area (Å²) >= 11 is 0. The fourth-order valence-electron chi connectivity index (χ4n) is 3.42. The lowest BCUT2D eigenvalue weighted by atomic mass is 9.61. The van der Waals surface area contributed by atoms with E-state index in [9.17, 15) is 9.59 Å². The van der Waals surface area contributed by atoms with E-state index in [1.54, 1.807) is 18.1 Å². The molecule has 1 aromatic rings. The zero-order chi connectivity index (χ0) is 15.0. The molecule has 2 aliphatic rings. The van der Waals surface area contributed by atoms with Crippen molar-refractivity contribution in [3.8, 4) is 0 Å². The van der Waals surface area contributed by atoms with E-state index in [1.807, 2.05) is 43.3 Å². The summed E-state index contributed by atoms with van der Waals surface area (Å²) in [6, 6.07) is 9.29. The smallest absolute Gasteiger partial charge is 0.231 e. The van der Waals surface area contributed by atoms with E-state index in [-0.39, 0.29) is 17.6 Å². The summed E-state index contributed by atoms with van der Waals surface area (Å²) in [5, 5.41) is 0. The third kappa shape index (κ3) is 2.13. The minimum atomic E-state index is -0.718. The predicted octanol–water partition coefficient (Wildman–Crippen LogP) is 3.20. The van der Waals surface area contributed by atoms with Gasteiger partial charge in [0.15, 0.2) is 5.78 Å². The van der Waals surface area contributed by atoms with Gasteiger partial charge in [0.2, 0.25) is 5.91 Å². The standard InChI is InChI=1S/C18H19NO2/c1-13-8-9-15-17(21)19(2)11-10-18(15,12-13)16(20)14-6-4-3-5-7-14/h3-8,10-11,15H,9,12H2,1-2H3/t15-,18-/m1/s1. The summed E-state index contributed by atoms with van der Waals surface area (Å²) < 4.78 is 0. The van der Waals surface area contributed by atoms with Crippen LogP contribution in [0.1, 0.15) is 30.1 Å². The van der Waals surface area contributed by atoms with E-state index in [4.69, 9.17) is 0 Å². The minimum absolute atomic E-state index is 0.0329. The molecule has 0 spiro atoms. The molecule has 1 aliphatic heterocycles. The van der Waals surface area contributed by atoms with E-state index in [2.05, 4.69) is 6.08 Å². The lowest BCUT2D eigenvalue weighted by Crippen LogP contribution is -2.49. The van der Waals surface area contributed by atoms with Crippen LogP contribution in [0.15, 0.2) is 54.3 Å². The molecule has 0 saturated heterocycles. The van der Waals surface area contributed by atoms with Crippen molar-refractivity contribution in [3.05, 3.63) is 59.8 Å². The number of amides is 1. The average Bonchev–Trinajstić information content (AvgIpc) is 2.51. The van der Waals surface area contributed by atoms with E-state index in [0.29, 0.717) is 18.4 Å². The van der Waals surface area contributed by atoms with Gasteiger partial charge in [-0.05, 0) is 19.8 Å². The van der Waals surface area contributed by atoms with Crippen LogP contribution in [0.4, 0.5) is 0 Å². The highest BCUT2D eigenvalue weighted by Gasteiger charge is 2.50. The Bertz CT molecular complexity index is 644. The molecule has 0 unspecified atom stereocenters. The van der Waals surface area contributed by atoms with Crippen LogP contribution in [0.3, 0.4) is 0 Å². The second kappa shape index (κ2) is 4.99. The Morgan fingerprint density at radius 2 is 2.00 bits per heavy atom. The Labute approximate surface area is 125 Å². The first kappa shape index (κ1) is 13.8. The largest absolute Gasteiger partial charge is 0.322 e. The molecule has 2 atom stereocenters. The van der Waals surface area contributed by atoms with Gasteiger partial charge in [-0.3, -0.25) is 9.59 Å². The SMILES string of the molecule is CC1=CC[C@@H]2C(=O)N(C)C=C[C@@]2(C(=O)c2ccccc2)C1. The molecule has 0 aromatic heterocycles. The first-order valence-corrected chi connectivity index (χ1v) is 7.26. The van der Waals surface area contributed by atoms with Crippen LogP contribution in [0.5, 0.6) is 0 Å². The fourth-order valence-corrected chi connectivity index (χ4v) is 3.42. The number of rotatable bonds is 2. The van der Waals surface area contributed by atoms with Crippen molar-refractivity contribution in [1.29, 1.82) is 0 Å². The lowest BCUT2D eigenvalue weighted by Gasteiger charge is -2.43. The van der Waals surface area contributed by atoms with Gasteiger partial charge in [-0.25, -0.2) is 0 Å². The molecule has 1 heterocycles. The third-order valence-electron chi connectivity index (χ3n) is 4.60. The Morgan fingerprint density at radius 1 is 1.29 bits per heavy atom. The van der Waals surface area contributed by atoms with Gasteiger partial charge in [-0.1, -0.05) is 48.1 Å². The number of hydrogen-bond donors (Lipinski definition) is 0. The Balaban J connectivity index is 2.10. The second-order valence-corrected chi connectivity index (χ2v) is 6.02. The highest BCUT2D eigenvalue weighted by Crippen LogP contribution is 2.47. The summed E-state index contributed by atoms with van der Waals surface area (Å²) in [6.07, 6.45) is 7.04. The van der Waals surface area contributed by atoms with Gasteiger partial charge < -0.3 is 4.90 Å². The van der Waals surface area contributed by atoms with Crippen LogP contribution in [0.2, 0.25) is 0 Å². The molecule has 0 N–H and O–H groups in total. The highest BCUT2D eigenvalue weighted by atomic mass is 16.2. The topological polar surface area (TPSA) is 37.4 Å². The number of ketones is 1. The quantitative estimate of drug-likeness (QED) is 0.616. The van der Waals surface area contributed by atoms with Crippen molar-refractivity contribution in [3.63, 3.8) is 0 Å². The maximum atomic E-state index is 13.1. The molecule has 1 amide bonds. The van der Waals surface area contributed by atoms with Crippen LogP contribution in [-0.2, 0) is 4.79 Å². The number of carbonyl (C=O) groups excluding carboxylic acids is 2. The van der Waals surface area contributed by atoms with E-state index in [0.717, 1.165) is 0 Å². The van der Waals surface area contributed by atoms with Gasteiger partial charge in [-0.15, -0.1) is 0 Å². The van der Waals surface area contributed by atoms with Crippen LogP contribution in [-0.4, -0.2) is 23.6 Å². The molecule has 0 bridgehead atoms. The van der Waals surface area contributed by atoms with Crippen molar-refractivity contribution in [2.45, 2.75) is 19.8 Å². The Kier molecular flexibility index (Phi) is 3.28. The van der Waals surface area contributed by atoms with Crippen LogP contribution in [0.25, 0.3) is 0 Å². The van der Waals surface area contributed by atoms with Gasteiger partial charge in [0.05, 0.1) is 11.3 Å². The summed E-state index contributed by atoms with van der Waals surface area (Å²) in [7, 11) is 1.75. The predicted molar refractivity (Wildman–Crippen MR) is 81.6 cm³/mol. The molecule has 3 heteroatoms. The molecule has 1 aliphatic carbocycles. The zero-order valence-electron chi connectivity index (χ0n) is 12.4. The van der Waals surface area contributed by atoms with Gasteiger partial charge in [-0.2, -0.15) is 0 Å². The Morgan fingerprint density at radius 3 is 2.71 bits per heavy atom. The maximum Gasteiger partial charge on any atom is 0.231 e. The van der Waals surface area contributed by atoms with Crippen molar-refractivity contribution in [2.24, 2.45) is 11.3 Å². The van der Waals surface area contributed by atoms with Gasteiger partial charge in [0, 0.05) is 18.8 Å². The number of fused-ring (bicyclic) bond motifs is 1. The molecule has 3 rings (SSSR count). The molecule has 0 fully saturated rings. The van der Waals surface area contributed by atoms with E-state index in [1.165, 1.54) is 5.57 Å². The molecule has 0 radical (unpaired) electrons. The highest BCUT2D eigenvalue weighted by molar-refractivity contribution is 6.05. The first-order chi connectivity index (χ1) is 10.0. The van der Waals surface area contributed by atoms with Crippen molar-refractivity contribution >= 4 is 11.7 Å². The number of hydrogen-bond acceptors (Lipinski definition) is 2. The van der Waals surface area contributed by atoms with Gasteiger partial charge in [0.1, 0.15) is 0 Å². The summed E-state index contributed by atoms with van der Waals surface area (Å²) in [4.78, 5) is 27.2. The maximum absolute atomic E-state index is 13.1. The van der Waals surface area contributed by atoms with Gasteiger partial charge >= 0.3 is 0 Å². The molecule has 0 saturated carbocycles. The second-order valence-electron chi connectivity index (χ2n) is 6.02. The van der Waals surface area contributed by atoms with E-state index < -0.39 is 5.41 Å². The fraction of sp³-hybridized carbons (Fsp3) is 0.333. The summed E-state index contributed by atoms with van der Waals surface area (Å²) in [5.74, 6) is -0.201. The van der Waals surface area contributed by atoms with Crippen LogP contribution in [0, 0.1) is 11.3 Å². The molecule has 21 heavy (non-hydrogen) atoms. The van der Waals surface area contributed by atoms with Crippen molar-refractivity contribution < 1.29 is 9.59 Å². The van der Waals surface area contributed by atoms with Crippen molar-refractivity contribution in [1.82, 2.24) is 4.90 Å². The van der Waals surface area contributed by atoms with E-state index >= 15 is 0 Å².